The molecule has 0 N–H and O–H groups in total. The van der Waals surface area contributed by atoms with Crippen molar-refractivity contribution in [3.8, 4) is 12.3 Å². The molecule has 2 heteroatoms. The Morgan fingerprint density at radius 2 is 1.71 bits per heavy atom. The molecule has 0 atom stereocenters. The van der Waals surface area contributed by atoms with Gasteiger partial charge in [-0.25, -0.2) is 0 Å². The first-order chi connectivity index (χ1) is 6.35. The molecule has 0 spiro atoms. The van der Waals surface area contributed by atoms with E-state index in [0.717, 1.165) is 26.1 Å². The van der Waals surface area contributed by atoms with Crippen LogP contribution in [0, 0.1) is 12.3 Å². The molecule has 2 nitrogen and oxygen atoms in total. The first kappa shape index (κ1) is 11.6. The highest BCUT2D eigenvalue weighted by molar-refractivity contribution is 4.91. The molecule has 1 aliphatic heterocycles. The van der Waals surface area contributed by atoms with Crippen LogP contribution in [0.3, 0.4) is 0 Å². The van der Waals surface area contributed by atoms with Gasteiger partial charge < -0.3 is 4.74 Å². The lowest BCUT2D eigenvalue weighted by molar-refractivity contribution is -0.179. The van der Waals surface area contributed by atoms with E-state index in [1.165, 1.54) is 0 Å². The van der Waals surface area contributed by atoms with Crippen LogP contribution in [0.5, 0.6) is 0 Å². The average molecular weight is 195 g/mol. The molecule has 0 bridgehead atoms. The number of morpholine rings is 1. The monoisotopic (exact) mass is 195 g/mol. The molecule has 0 aromatic carbocycles. The highest BCUT2D eigenvalue weighted by atomic mass is 16.5. The Bertz CT molecular complexity index is 221. The van der Waals surface area contributed by atoms with Crippen molar-refractivity contribution in [2.24, 2.45) is 0 Å². The zero-order valence-corrected chi connectivity index (χ0v) is 9.76. The summed E-state index contributed by atoms with van der Waals surface area (Å²) in [6, 6.07) is 0. The highest BCUT2D eigenvalue weighted by Crippen LogP contribution is 2.27. The summed E-state index contributed by atoms with van der Waals surface area (Å²) in [6.45, 7) is 11.5. The van der Waals surface area contributed by atoms with Gasteiger partial charge in [-0.1, -0.05) is 0 Å². The number of ether oxygens (including phenoxy) is 1. The van der Waals surface area contributed by atoms with Crippen molar-refractivity contribution in [3.05, 3.63) is 0 Å². The lowest BCUT2D eigenvalue weighted by Crippen LogP contribution is -2.57. The second-order valence-electron chi connectivity index (χ2n) is 5.29. The predicted molar refractivity (Wildman–Crippen MR) is 59.1 cm³/mol. The Labute approximate surface area is 87.6 Å². The topological polar surface area (TPSA) is 12.5 Å². The number of rotatable bonds is 2. The molecule has 0 amide bonds. The fourth-order valence-corrected chi connectivity index (χ4v) is 2.33. The number of hydrogen-bond donors (Lipinski definition) is 0. The Balaban J connectivity index is 2.58. The molecule has 0 saturated carbocycles. The molecular weight excluding hydrogens is 174 g/mol. The Hall–Kier alpha value is -0.520. The second-order valence-corrected chi connectivity index (χ2v) is 5.29. The smallest absolute Gasteiger partial charge is 0.0760 e. The lowest BCUT2D eigenvalue weighted by atomic mass is 9.99. The van der Waals surface area contributed by atoms with Crippen molar-refractivity contribution in [3.63, 3.8) is 0 Å². The molecule has 1 aliphatic rings. The van der Waals surface area contributed by atoms with E-state index in [1.807, 2.05) is 0 Å². The van der Waals surface area contributed by atoms with E-state index in [1.54, 1.807) is 0 Å². The van der Waals surface area contributed by atoms with Crippen molar-refractivity contribution < 1.29 is 4.74 Å². The van der Waals surface area contributed by atoms with Gasteiger partial charge in [-0.05, 0) is 27.7 Å². The van der Waals surface area contributed by atoms with Crippen LogP contribution in [0.15, 0.2) is 0 Å². The van der Waals surface area contributed by atoms with Gasteiger partial charge in [0, 0.05) is 26.1 Å². The summed E-state index contributed by atoms with van der Waals surface area (Å²) in [5.74, 6) is 2.69. The first-order valence-corrected chi connectivity index (χ1v) is 5.21. The number of nitrogens with zero attached hydrogens (tertiary/aromatic N) is 1. The summed E-state index contributed by atoms with van der Waals surface area (Å²) in [6.07, 6.45) is 6.10. The third kappa shape index (κ3) is 3.32. The Morgan fingerprint density at radius 1 is 1.21 bits per heavy atom. The van der Waals surface area contributed by atoms with Gasteiger partial charge in [-0.2, -0.15) is 0 Å². The van der Waals surface area contributed by atoms with Gasteiger partial charge in [0.1, 0.15) is 0 Å². The van der Waals surface area contributed by atoms with Gasteiger partial charge >= 0.3 is 0 Å². The van der Waals surface area contributed by atoms with Crippen LogP contribution in [0.25, 0.3) is 0 Å². The van der Waals surface area contributed by atoms with Crippen LogP contribution in [0.2, 0.25) is 0 Å². The average Bonchev–Trinajstić information content (AvgIpc) is 1.94. The molecule has 0 aromatic rings. The zero-order chi connectivity index (χ0) is 10.8. The van der Waals surface area contributed by atoms with Crippen molar-refractivity contribution in [1.82, 2.24) is 4.90 Å². The summed E-state index contributed by atoms with van der Waals surface area (Å²) in [7, 11) is 0. The maximum atomic E-state index is 5.98. The highest BCUT2D eigenvalue weighted by Gasteiger charge is 2.37. The van der Waals surface area contributed by atoms with Gasteiger partial charge in [0.15, 0.2) is 0 Å². The van der Waals surface area contributed by atoms with Crippen molar-refractivity contribution in [2.75, 3.05) is 19.6 Å². The van der Waals surface area contributed by atoms with E-state index in [-0.39, 0.29) is 11.2 Å². The van der Waals surface area contributed by atoms with Crippen LogP contribution in [0.4, 0.5) is 0 Å². The molecule has 1 rings (SSSR count). The molecule has 0 aromatic heterocycles. The molecule has 1 saturated heterocycles. The van der Waals surface area contributed by atoms with Crippen LogP contribution in [-0.2, 0) is 4.74 Å². The van der Waals surface area contributed by atoms with Gasteiger partial charge in [-0.3, -0.25) is 4.90 Å². The van der Waals surface area contributed by atoms with E-state index in [9.17, 15) is 0 Å². The fourth-order valence-electron chi connectivity index (χ4n) is 2.33. The minimum atomic E-state index is -0.0592. The standard InChI is InChI=1S/C12H21NO/c1-6-7-8-13-9-11(2,3)14-12(4,5)10-13/h1H,7-10H2,2-5H3. The molecule has 14 heavy (non-hydrogen) atoms. The fraction of sp³-hybridized carbons (Fsp3) is 0.833. The van der Waals surface area contributed by atoms with Crippen molar-refractivity contribution in [1.29, 1.82) is 0 Å². The SMILES string of the molecule is C#CCCN1CC(C)(C)OC(C)(C)C1. The quantitative estimate of drug-likeness (QED) is 0.624. The van der Waals surface area contributed by atoms with Crippen LogP contribution in [0.1, 0.15) is 34.1 Å². The van der Waals surface area contributed by atoms with Crippen LogP contribution >= 0.6 is 0 Å². The molecule has 80 valence electrons. The van der Waals surface area contributed by atoms with Crippen molar-refractivity contribution in [2.45, 2.75) is 45.3 Å². The minimum absolute atomic E-state index is 0.0592. The maximum Gasteiger partial charge on any atom is 0.0760 e. The summed E-state index contributed by atoms with van der Waals surface area (Å²) in [5.41, 5.74) is -0.118. The van der Waals surface area contributed by atoms with Gasteiger partial charge in [0.25, 0.3) is 0 Å². The summed E-state index contributed by atoms with van der Waals surface area (Å²) >= 11 is 0. The lowest BCUT2D eigenvalue weighted by Gasteiger charge is -2.47. The second kappa shape index (κ2) is 3.92. The molecule has 0 radical (unpaired) electrons. The summed E-state index contributed by atoms with van der Waals surface area (Å²) in [4.78, 5) is 2.39. The Morgan fingerprint density at radius 3 is 2.14 bits per heavy atom. The molecular formula is C12H21NO. The number of terminal acetylenes is 1. The van der Waals surface area contributed by atoms with Crippen LogP contribution in [-0.4, -0.2) is 35.7 Å². The zero-order valence-electron chi connectivity index (χ0n) is 9.76. The summed E-state index contributed by atoms with van der Waals surface area (Å²) in [5, 5.41) is 0. The third-order valence-corrected chi connectivity index (χ3v) is 2.33. The summed E-state index contributed by atoms with van der Waals surface area (Å²) < 4.78 is 5.98. The Kier molecular flexibility index (Phi) is 3.24. The first-order valence-electron chi connectivity index (χ1n) is 5.21. The normalized spacial score (nSPS) is 25.6. The van der Waals surface area contributed by atoms with E-state index in [2.05, 4.69) is 38.5 Å². The number of hydrogen-bond acceptors (Lipinski definition) is 2. The molecule has 0 aliphatic carbocycles. The molecule has 1 heterocycles. The van der Waals surface area contributed by atoms with E-state index < -0.39 is 0 Å². The molecule has 0 unspecified atom stereocenters. The minimum Gasteiger partial charge on any atom is -0.367 e. The molecule has 1 fully saturated rings. The largest absolute Gasteiger partial charge is 0.367 e. The van der Waals surface area contributed by atoms with Crippen molar-refractivity contribution >= 4 is 0 Å². The maximum absolute atomic E-state index is 5.98. The van der Waals surface area contributed by atoms with Crippen LogP contribution < -0.4 is 0 Å². The van der Waals surface area contributed by atoms with E-state index in [4.69, 9.17) is 11.2 Å². The third-order valence-electron chi connectivity index (χ3n) is 2.33. The predicted octanol–water partition coefficient (Wildman–Crippen LogP) is 1.90. The van der Waals surface area contributed by atoms with E-state index >= 15 is 0 Å². The van der Waals surface area contributed by atoms with Gasteiger partial charge in [0.2, 0.25) is 0 Å². The van der Waals surface area contributed by atoms with Gasteiger partial charge in [-0.15, -0.1) is 12.3 Å². The van der Waals surface area contributed by atoms with Gasteiger partial charge in [0.05, 0.1) is 11.2 Å². The van der Waals surface area contributed by atoms with E-state index in [0.29, 0.717) is 0 Å².